The summed E-state index contributed by atoms with van der Waals surface area (Å²) in [5.41, 5.74) is 4.80. The summed E-state index contributed by atoms with van der Waals surface area (Å²) in [5, 5.41) is 4.78. The molecular weight excluding hydrogens is 266 g/mol. The van der Waals surface area contributed by atoms with Gasteiger partial charge in [-0.25, -0.2) is 4.98 Å². The second-order valence-electron chi connectivity index (χ2n) is 5.50. The quantitative estimate of drug-likeness (QED) is 0.917. The third kappa shape index (κ3) is 3.25. The molecule has 2 unspecified atom stereocenters. The molecule has 0 aliphatic rings. The van der Waals surface area contributed by atoms with Gasteiger partial charge < -0.3 is 5.32 Å². The molecule has 20 heavy (non-hydrogen) atoms. The Hall–Kier alpha value is -1.26. The Kier molecular flexibility index (Phi) is 4.55. The fourth-order valence-electron chi connectivity index (χ4n) is 2.79. The summed E-state index contributed by atoms with van der Waals surface area (Å²) in [7, 11) is 0. The van der Waals surface area contributed by atoms with Crippen molar-refractivity contribution in [2.45, 2.75) is 53.6 Å². The van der Waals surface area contributed by atoms with Gasteiger partial charge in [0.15, 0.2) is 0 Å². The van der Waals surface area contributed by atoms with Crippen molar-refractivity contribution in [3.8, 4) is 0 Å². The van der Waals surface area contributed by atoms with E-state index in [1.807, 2.05) is 13.1 Å². The van der Waals surface area contributed by atoms with Gasteiger partial charge in [-0.1, -0.05) is 0 Å². The van der Waals surface area contributed by atoms with Crippen LogP contribution in [0.3, 0.4) is 0 Å². The zero-order valence-electron chi connectivity index (χ0n) is 13.1. The molecule has 2 aromatic rings. The third-order valence-electron chi connectivity index (χ3n) is 3.53. The zero-order valence-corrected chi connectivity index (χ0v) is 13.9. The van der Waals surface area contributed by atoms with E-state index < -0.39 is 0 Å². The summed E-state index contributed by atoms with van der Waals surface area (Å²) in [6.45, 7) is 12.8. The average molecular weight is 289 g/mol. The Morgan fingerprint density at radius 3 is 2.35 bits per heavy atom. The number of nitrogens with one attached hydrogen (secondary N) is 1. The number of hydrogen-bond donors (Lipinski definition) is 1. The topological polar surface area (TPSA) is 37.8 Å². The number of nitrogens with zero attached hydrogens (tertiary/aromatic N) is 2. The fraction of sp³-hybridized carbons (Fsp3) is 0.500. The predicted molar refractivity (Wildman–Crippen MR) is 85.3 cm³/mol. The van der Waals surface area contributed by atoms with E-state index in [0.29, 0.717) is 0 Å². The monoisotopic (exact) mass is 289 g/mol. The van der Waals surface area contributed by atoms with E-state index in [1.165, 1.54) is 16.0 Å². The Bertz CT molecular complexity index is 581. The Balaban J connectivity index is 2.18. The first-order valence-corrected chi connectivity index (χ1v) is 7.83. The van der Waals surface area contributed by atoms with Crippen molar-refractivity contribution in [2.24, 2.45) is 0 Å². The first-order valence-electron chi connectivity index (χ1n) is 7.01. The molecule has 0 saturated carbocycles. The molecule has 0 radical (unpaired) electrons. The lowest BCUT2D eigenvalue weighted by Gasteiger charge is -2.22. The van der Waals surface area contributed by atoms with Gasteiger partial charge in [-0.15, -0.1) is 11.3 Å². The molecule has 2 atom stereocenters. The smallest absolute Gasteiger partial charge is 0.109 e. The highest BCUT2D eigenvalue weighted by molar-refractivity contribution is 7.11. The Labute approximate surface area is 125 Å². The minimum Gasteiger partial charge on any atom is -0.301 e. The maximum Gasteiger partial charge on any atom is 0.109 e. The highest BCUT2D eigenvalue weighted by Gasteiger charge is 2.17. The van der Waals surface area contributed by atoms with Crippen LogP contribution in [-0.2, 0) is 0 Å². The van der Waals surface area contributed by atoms with E-state index in [9.17, 15) is 0 Å². The summed E-state index contributed by atoms with van der Waals surface area (Å²) in [6.07, 6.45) is 1.94. The van der Waals surface area contributed by atoms with Crippen molar-refractivity contribution in [1.82, 2.24) is 15.3 Å². The van der Waals surface area contributed by atoms with E-state index in [1.54, 1.807) is 11.3 Å². The molecule has 3 nitrogen and oxygen atoms in total. The molecule has 0 bridgehead atoms. The van der Waals surface area contributed by atoms with E-state index in [0.717, 1.165) is 16.4 Å². The van der Waals surface area contributed by atoms with Gasteiger partial charge in [-0.05, 0) is 58.7 Å². The second kappa shape index (κ2) is 6.02. The van der Waals surface area contributed by atoms with Gasteiger partial charge in [0.05, 0.1) is 6.04 Å². The van der Waals surface area contributed by atoms with Crippen LogP contribution in [0.4, 0.5) is 0 Å². The van der Waals surface area contributed by atoms with Crippen LogP contribution in [0, 0.1) is 27.7 Å². The van der Waals surface area contributed by atoms with Crippen LogP contribution in [-0.4, -0.2) is 9.97 Å². The van der Waals surface area contributed by atoms with Crippen LogP contribution in [0.5, 0.6) is 0 Å². The van der Waals surface area contributed by atoms with Gasteiger partial charge in [0.2, 0.25) is 0 Å². The van der Waals surface area contributed by atoms with Crippen LogP contribution in [0.2, 0.25) is 0 Å². The first kappa shape index (κ1) is 15.1. The Morgan fingerprint density at radius 2 is 1.80 bits per heavy atom. The van der Waals surface area contributed by atoms with Crippen molar-refractivity contribution in [2.75, 3.05) is 0 Å². The van der Waals surface area contributed by atoms with Gasteiger partial charge in [0.1, 0.15) is 5.01 Å². The maximum absolute atomic E-state index is 4.59. The second-order valence-corrected chi connectivity index (χ2v) is 6.77. The molecule has 2 aromatic heterocycles. The predicted octanol–water partition coefficient (Wildman–Crippen LogP) is 4.18. The summed E-state index contributed by atoms with van der Waals surface area (Å²) in [6, 6.07) is 2.67. The van der Waals surface area contributed by atoms with E-state index in [2.05, 4.69) is 56.0 Å². The lowest BCUT2D eigenvalue weighted by atomic mass is 10.00. The fourth-order valence-corrected chi connectivity index (χ4v) is 3.58. The number of thiazole rings is 1. The van der Waals surface area contributed by atoms with Crippen LogP contribution < -0.4 is 5.32 Å². The van der Waals surface area contributed by atoms with Crippen LogP contribution >= 0.6 is 11.3 Å². The largest absolute Gasteiger partial charge is 0.301 e. The number of aromatic nitrogens is 2. The van der Waals surface area contributed by atoms with Crippen molar-refractivity contribution in [3.63, 3.8) is 0 Å². The molecular formula is C16H23N3S. The molecule has 0 aliphatic carbocycles. The van der Waals surface area contributed by atoms with Gasteiger partial charge >= 0.3 is 0 Å². The molecule has 0 saturated heterocycles. The molecule has 0 aliphatic heterocycles. The van der Waals surface area contributed by atoms with Crippen LogP contribution in [0.25, 0.3) is 0 Å². The van der Waals surface area contributed by atoms with Crippen molar-refractivity contribution in [3.05, 3.63) is 44.7 Å². The standard InChI is InChI=1S/C16H23N3S/c1-9-7-10(2)18-12(4)15(9)13(5)19-14(6)16-17-8-11(3)20-16/h7-8,13-14,19H,1-6H3. The number of hydrogen-bond acceptors (Lipinski definition) is 4. The number of aryl methyl sites for hydroxylation is 4. The minimum atomic E-state index is 0.254. The number of pyridine rings is 1. The van der Waals surface area contributed by atoms with E-state index in [-0.39, 0.29) is 12.1 Å². The van der Waals surface area contributed by atoms with Crippen molar-refractivity contribution >= 4 is 11.3 Å². The summed E-state index contributed by atoms with van der Waals surface area (Å²) in [4.78, 5) is 10.3. The molecule has 1 N–H and O–H groups in total. The Morgan fingerprint density at radius 1 is 1.10 bits per heavy atom. The summed E-state index contributed by atoms with van der Waals surface area (Å²) in [5.74, 6) is 0. The lowest BCUT2D eigenvalue weighted by Crippen LogP contribution is -2.24. The van der Waals surface area contributed by atoms with Gasteiger partial charge in [-0.3, -0.25) is 4.98 Å². The van der Waals surface area contributed by atoms with E-state index >= 15 is 0 Å². The minimum absolute atomic E-state index is 0.254. The number of rotatable bonds is 4. The molecule has 2 rings (SSSR count). The molecule has 0 fully saturated rings. The first-order chi connectivity index (χ1) is 9.38. The van der Waals surface area contributed by atoms with Crippen molar-refractivity contribution < 1.29 is 0 Å². The lowest BCUT2D eigenvalue weighted by molar-refractivity contribution is 0.488. The molecule has 4 heteroatoms. The van der Waals surface area contributed by atoms with E-state index in [4.69, 9.17) is 0 Å². The third-order valence-corrected chi connectivity index (χ3v) is 4.62. The van der Waals surface area contributed by atoms with Crippen molar-refractivity contribution in [1.29, 1.82) is 0 Å². The molecule has 0 amide bonds. The maximum atomic E-state index is 4.59. The summed E-state index contributed by atoms with van der Waals surface area (Å²) < 4.78 is 0. The molecule has 2 heterocycles. The normalized spacial score (nSPS) is 14.3. The van der Waals surface area contributed by atoms with Gasteiger partial charge in [-0.2, -0.15) is 0 Å². The molecule has 108 valence electrons. The SMILES string of the molecule is Cc1cc(C)c(C(C)NC(C)c2ncc(C)s2)c(C)n1. The highest BCUT2D eigenvalue weighted by Crippen LogP contribution is 2.26. The zero-order chi connectivity index (χ0) is 14.9. The van der Waals surface area contributed by atoms with Gasteiger partial charge in [0, 0.05) is 28.5 Å². The molecule has 0 spiro atoms. The average Bonchev–Trinajstić information content (AvgIpc) is 2.74. The highest BCUT2D eigenvalue weighted by atomic mass is 32.1. The summed E-state index contributed by atoms with van der Waals surface area (Å²) >= 11 is 1.75. The van der Waals surface area contributed by atoms with Crippen LogP contribution in [0.1, 0.15) is 58.3 Å². The van der Waals surface area contributed by atoms with Gasteiger partial charge in [0.25, 0.3) is 0 Å². The van der Waals surface area contributed by atoms with Crippen LogP contribution in [0.15, 0.2) is 12.3 Å². The molecule has 0 aromatic carbocycles.